The van der Waals surface area contributed by atoms with Gasteiger partial charge < -0.3 is 0 Å². The summed E-state index contributed by atoms with van der Waals surface area (Å²) < 4.78 is 0. The molecule has 0 aliphatic rings. The van der Waals surface area contributed by atoms with Gasteiger partial charge in [-0.1, -0.05) is 46.3 Å². The van der Waals surface area contributed by atoms with Crippen LogP contribution in [0.4, 0.5) is 0 Å². The Labute approximate surface area is 86.6 Å². The molecule has 0 fully saturated rings. The average molecular weight is 239 g/mol. The second kappa shape index (κ2) is 4.97. The molecule has 2 heteroatoms. The Morgan fingerprint density at radius 1 is 1.46 bits per heavy atom. The van der Waals surface area contributed by atoms with E-state index in [0.717, 1.165) is 28.3 Å². The van der Waals surface area contributed by atoms with E-state index in [4.69, 9.17) is 0 Å². The minimum Gasteiger partial charge on any atom is -0.298 e. The molecular formula is C11H11BrO. The van der Waals surface area contributed by atoms with Crippen molar-refractivity contribution in [3.05, 3.63) is 41.0 Å². The normalized spacial score (nSPS) is 10.6. The Balaban J connectivity index is 2.95. The van der Waals surface area contributed by atoms with Crippen molar-refractivity contribution in [1.82, 2.24) is 0 Å². The number of carbonyl (C=O) groups excluding carboxylic acids is 1. The van der Waals surface area contributed by atoms with E-state index in [2.05, 4.69) is 15.9 Å². The van der Waals surface area contributed by atoms with Crippen molar-refractivity contribution in [2.24, 2.45) is 0 Å². The summed E-state index contributed by atoms with van der Waals surface area (Å²) in [6, 6.07) is 5.79. The quantitative estimate of drug-likeness (QED) is 0.584. The maximum Gasteiger partial charge on any atom is 0.150 e. The summed E-state index contributed by atoms with van der Waals surface area (Å²) in [7, 11) is 0. The first-order valence-corrected chi connectivity index (χ1v) is 5.18. The average Bonchev–Trinajstić information content (AvgIpc) is 2.15. The number of hydrogen-bond acceptors (Lipinski definition) is 1. The zero-order valence-corrected chi connectivity index (χ0v) is 9.04. The van der Waals surface area contributed by atoms with Gasteiger partial charge >= 0.3 is 0 Å². The van der Waals surface area contributed by atoms with Crippen LogP contribution >= 0.6 is 15.9 Å². The number of hydrogen-bond donors (Lipinski definition) is 0. The highest BCUT2D eigenvalue weighted by atomic mass is 79.9. The van der Waals surface area contributed by atoms with E-state index in [-0.39, 0.29) is 0 Å². The van der Waals surface area contributed by atoms with E-state index in [0.29, 0.717) is 0 Å². The molecule has 13 heavy (non-hydrogen) atoms. The molecule has 0 saturated carbocycles. The van der Waals surface area contributed by atoms with Crippen LogP contribution in [0.2, 0.25) is 0 Å². The van der Waals surface area contributed by atoms with E-state index in [9.17, 15) is 4.79 Å². The molecule has 0 saturated heterocycles. The van der Waals surface area contributed by atoms with Gasteiger partial charge in [-0.05, 0) is 18.1 Å². The SMILES string of the molecule is Cc1cc(C=CCBr)ccc1C=O. The molecule has 0 atom stereocenters. The van der Waals surface area contributed by atoms with Crippen LogP contribution in [0.5, 0.6) is 0 Å². The second-order valence-corrected chi connectivity index (χ2v) is 3.44. The largest absolute Gasteiger partial charge is 0.298 e. The van der Waals surface area contributed by atoms with Crippen molar-refractivity contribution in [2.75, 3.05) is 5.33 Å². The highest BCUT2D eigenvalue weighted by Gasteiger charge is 1.95. The van der Waals surface area contributed by atoms with E-state index in [1.165, 1.54) is 0 Å². The molecule has 0 aliphatic heterocycles. The first-order valence-electron chi connectivity index (χ1n) is 4.06. The number of carbonyl (C=O) groups is 1. The van der Waals surface area contributed by atoms with Crippen LogP contribution in [0.1, 0.15) is 21.5 Å². The summed E-state index contributed by atoms with van der Waals surface area (Å²) in [6.07, 6.45) is 4.93. The maximum atomic E-state index is 10.5. The van der Waals surface area contributed by atoms with Gasteiger partial charge in [-0.3, -0.25) is 4.79 Å². The fraction of sp³-hybridized carbons (Fsp3) is 0.182. The predicted octanol–water partition coefficient (Wildman–Crippen LogP) is 3.22. The molecule has 0 unspecified atom stereocenters. The molecule has 0 bridgehead atoms. The van der Waals surface area contributed by atoms with Gasteiger partial charge in [-0.15, -0.1) is 0 Å². The minimum absolute atomic E-state index is 0.760. The second-order valence-electron chi connectivity index (χ2n) is 2.79. The molecule has 0 aliphatic carbocycles. The molecule has 0 amide bonds. The fourth-order valence-electron chi connectivity index (χ4n) is 1.12. The lowest BCUT2D eigenvalue weighted by Crippen LogP contribution is -1.86. The summed E-state index contributed by atoms with van der Waals surface area (Å²) in [4.78, 5) is 10.5. The lowest BCUT2D eigenvalue weighted by atomic mass is 10.1. The minimum atomic E-state index is 0.760. The molecule has 0 radical (unpaired) electrons. The molecule has 0 aromatic heterocycles. The third kappa shape index (κ3) is 2.81. The monoisotopic (exact) mass is 238 g/mol. The number of alkyl halides is 1. The predicted molar refractivity (Wildman–Crippen MR) is 59.4 cm³/mol. The van der Waals surface area contributed by atoms with Crippen LogP contribution in [-0.4, -0.2) is 11.6 Å². The van der Waals surface area contributed by atoms with Crippen LogP contribution in [0, 0.1) is 6.92 Å². The molecule has 1 rings (SSSR count). The lowest BCUT2D eigenvalue weighted by Gasteiger charge is -1.99. The molecular weight excluding hydrogens is 228 g/mol. The summed E-state index contributed by atoms with van der Waals surface area (Å²) >= 11 is 3.31. The van der Waals surface area contributed by atoms with Gasteiger partial charge in [0.05, 0.1) is 0 Å². The molecule has 0 spiro atoms. The number of allylic oxidation sites excluding steroid dienone is 1. The fourth-order valence-corrected chi connectivity index (χ4v) is 1.30. The zero-order valence-electron chi connectivity index (χ0n) is 7.46. The summed E-state index contributed by atoms with van der Waals surface area (Å²) in [6.45, 7) is 1.94. The Morgan fingerprint density at radius 2 is 2.23 bits per heavy atom. The van der Waals surface area contributed by atoms with Crippen LogP contribution in [-0.2, 0) is 0 Å². The van der Waals surface area contributed by atoms with Gasteiger partial charge in [0.25, 0.3) is 0 Å². The van der Waals surface area contributed by atoms with E-state index < -0.39 is 0 Å². The lowest BCUT2D eigenvalue weighted by molar-refractivity contribution is 0.112. The number of aldehydes is 1. The van der Waals surface area contributed by atoms with Crippen molar-refractivity contribution in [1.29, 1.82) is 0 Å². The van der Waals surface area contributed by atoms with Gasteiger partial charge in [0.2, 0.25) is 0 Å². The molecule has 1 aromatic carbocycles. The Bertz CT molecular complexity index is 329. The van der Waals surface area contributed by atoms with Gasteiger partial charge in [0.1, 0.15) is 6.29 Å². The smallest absolute Gasteiger partial charge is 0.150 e. The number of benzene rings is 1. The van der Waals surface area contributed by atoms with Crippen molar-refractivity contribution >= 4 is 28.3 Å². The van der Waals surface area contributed by atoms with Crippen molar-refractivity contribution in [3.63, 3.8) is 0 Å². The third-order valence-corrected chi connectivity index (χ3v) is 2.19. The van der Waals surface area contributed by atoms with E-state index in [1.807, 2.05) is 37.3 Å². The standard InChI is InChI=1S/C11H11BrO/c1-9-7-10(3-2-6-12)4-5-11(9)8-13/h2-5,7-8H,6H2,1H3. The molecule has 68 valence electrons. The first-order chi connectivity index (χ1) is 6.27. The van der Waals surface area contributed by atoms with Crippen molar-refractivity contribution in [3.8, 4) is 0 Å². The van der Waals surface area contributed by atoms with Crippen LogP contribution < -0.4 is 0 Å². The highest BCUT2D eigenvalue weighted by molar-refractivity contribution is 9.09. The summed E-state index contributed by atoms with van der Waals surface area (Å²) in [5.74, 6) is 0. The van der Waals surface area contributed by atoms with Crippen LogP contribution in [0.15, 0.2) is 24.3 Å². The maximum absolute atomic E-state index is 10.5. The summed E-state index contributed by atoms with van der Waals surface area (Å²) in [5.41, 5.74) is 2.91. The topological polar surface area (TPSA) is 17.1 Å². The van der Waals surface area contributed by atoms with Gasteiger partial charge in [-0.25, -0.2) is 0 Å². The van der Waals surface area contributed by atoms with Gasteiger partial charge in [-0.2, -0.15) is 0 Å². The molecule has 0 N–H and O–H groups in total. The van der Waals surface area contributed by atoms with E-state index >= 15 is 0 Å². The van der Waals surface area contributed by atoms with Crippen LogP contribution in [0.25, 0.3) is 6.08 Å². The van der Waals surface area contributed by atoms with Crippen LogP contribution in [0.3, 0.4) is 0 Å². The third-order valence-electron chi connectivity index (χ3n) is 1.82. The van der Waals surface area contributed by atoms with Gasteiger partial charge in [0, 0.05) is 10.9 Å². The van der Waals surface area contributed by atoms with Gasteiger partial charge in [0.15, 0.2) is 0 Å². The molecule has 1 nitrogen and oxygen atoms in total. The number of rotatable bonds is 3. The van der Waals surface area contributed by atoms with E-state index in [1.54, 1.807) is 0 Å². The van der Waals surface area contributed by atoms with Crippen molar-refractivity contribution < 1.29 is 4.79 Å². The van der Waals surface area contributed by atoms with Crippen molar-refractivity contribution in [2.45, 2.75) is 6.92 Å². The number of halogens is 1. The first kappa shape index (κ1) is 10.2. The summed E-state index contributed by atoms with van der Waals surface area (Å²) in [5, 5.41) is 0.849. The number of aryl methyl sites for hydroxylation is 1. The molecule has 1 aromatic rings. The Hall–Kier alpha value is -0.890. The Kier molecular flexibility index (Phi) is 3.90. The Morgan fingerprint density at radius 3 is 2.77 bits per heavy atom. The zero-order chi connectivity index (χ0) is 9.68. The molecule has 0 heterocycles. The highest BCUT2D eigenvalue weighted by Crippen LogP contribution is 2.10.